The van der Waals surface area contributed by atoms with E-state index in [1.54, 1.807) is 12.1 Å². The minimum Gasteiger partial charge on any atom is -0.490 e. The van der Waals surface area contributed by atoms with E-state index in [0.29, 0.717) is 16.4 Å². The maximum Gasteiger partial charge on any atom is 0.134 e. The second-order valence-corrected chi connectivity index (χ2v) is 5.23. The monoisotopic (exact) mass is 259 g/mol. The summed E-state index contributed by atoms with van der Waals surface area (Å²) in [6, 6.07) is 3.43. The van der Waals surface area contributed by atoms with Crippen molar-refractivity contribution in [2.45, 2.75) is 38.7 Å². The number of hydrogen-bond donors (Lipinski definition) is 0. The van der Waals surface area contributed by atoms with Crippen molar-refractivity contribution in [1.82, 2.24) is 4.98 Å². The Hall–Kier alpha value is -0.470. The zero-order chi connectivity index (χ0) is 11.5. The van der Waals surface area contributed by atoms with Crippen LogP contribution in [0.1, 0.15) is 32.6 Å². The normalized spacial score (nSPS) is 25.4. The summed E-state index contributed by atoms with van der Waals surface area (Å²) in [7, 11) is 0. The van der Waals surface area contributed by atoms with Crippen LogP contribution in [-0.2, 0) is 0 Å². The molecule has 1 aromatic rings. The third kappa shape index (κ3) is 3.26. The molecule has 0 aliphatic heterocycles. The minimum absolute atomic E-state index is 0.290. The fraction of sp³-hybridized carbons (Fsp3) is 0.583. The van der Waals surface area contributed by atoms with Crippen molar-refractivity contribution < 1.29 is 4.74 Å². The Morgan fingerprint density at radius 2 is 1.94 bits per heavy atom. The Labute approximate surface area is 106 Å². The maximum atomic E-state index is 5.88. The first-order chi connectivity index (χ1) is 7.63. The lowest BCUT2D eigenvalue weighted by Gasteiger charge is -2.27. The van der Waals surface area contributed by atoms with E-state index in [4.69, 9.17) is 27.9 Å². The second-order valence-electron chi connectivity index (χ2n) is 4.46. The number of pyridine rings is 1. The van der Waals surface area contributed by atoms with Gasteiger partial charge in [-0.25, -0.2) is 4.98 Å². The predicted octanol–water partition coefficient (Wildman–Crippen LogP) is 4.35. The highest BCUT2D eigenvalue weighted by molar-refractivity contribution is 6.32. The van der Waals surface area contributed by atoms with Crippen molar-refractivity contribution in [1.29, 1.82) is 0 Å². The SMILES string of the molecule is CC1CCCC(Oc2cc(Cl)nc(Cl)c2)C1. The van der Waals surface area contributed by atoms with Gasteiger partial charge in [-0.1, -0.05) is 36.5 Å². The summed E-state index contributed by atoms with van der Waals surface area (Å²) in [4.78, 5) is 3.89. The van der Waals surface area contributed by atoms with E-state index in [2.05, 4.69) is 11.9 Å². The van der Waals surface area contributed by atoms with E-state index in [-0.39, 0.29) is 0 Å². The lowest BCUT2D eigenvalue weighted by Crippen LogP contribution is -2.24. The number of nitrogens with zero attached hydrogens (tertiary/aromatic N) is 1. The standard InChI is InChI=1S/C12H15Cl2NO/c1-8-3-2-4-9(5-8)16-10-6-11(13)15-12(14)7-10/h6-9H,2-5H2,1H3. The molecular formula is C12H15Cl2NO. The summed E-state index contributed by atoms with van der Waals surface area (Å²) < 4.78 is 5.88. The van der Waals surface area contributed by atoms with Crippen LogP contribution in [0.15, 0.2) is 12.1 Å². The van der Waals surface area contributed by atoms with Crippen LogP contribution in [0.5, 0.6) is 5.75 Å². The molecule has 0 bridgehead atoms. The Kier molecular flexibility index (Phi) is 3.93. The van der Waals surface area contributed by atoms with Crippen molar-refractivity contribution >= 4 is 23.2 Å². The van der Waals surface area contributed by atoms with Gasteiger partial charge in [-0.05, 0) is 25.2 Å². The molecule has 2 unspecified atom stereocenters. The maximum absolute atomic E-state index is 5.88. The fourth-order valence-corrected chi connectivity index (χ4v) is 2.63. The largest absolute Gasteiger partial charge is 0.490 e. The fourth-order valence-electron chi connectivity index (χ4n) is 2.19. The Bertz CT molecular complexity index is 350. The van der Waals surface area contributed by atoms with Crippen LogP contribution in [0.4, 0.5) is 0 Å². The molecule has 1 aliphatic rings. The van der Waals surface area contributed by atoms with E-state index in [9.17, 15) is 0 Å². The van der Waals surface area contributed by atoms with Gasteiger partial charge >= 0.3 is 0 Å². The van der Waals surface area contributed by atoms with Gasteiger partial charge in [-0.15, -0.1) is 0 Å². The van der Waals surface area contributed by atoms with Crippen LogP contribution in [-0.4, -0.2) is 11.1 Å². The molecular weight excluding hydrogens is 245 g/mol. The molecule has 2 atom stereocenters. The van der Waals surface area contributed by atoms with Crippen LogP contribution < -0.4 is 4.74 Å². The average Bonchev–Trinajstić information content (AvgIpc) is 2.15. The molecule has 2 nitrogen and oxygen atoms in total. The minimum atomic E-state index is 0.290. The molecule has 16 heavy (non-hydrogen) atoms. The van der Waals surface area contributed by atoms with Crippen molar-refractivity contribution in [2.75, 3.05) is 0 Å². The first-order valence-corrected chi connectivity index (χ1v) is 6.39. The molecule has 0 spiro atoms. The van der Waals surface area contributed by atoms with Gasteiger partial charge in [0.2, 0.25) is 0 Å². The zero-order valence-corrected chi connectivity index (χ0v) is 10.8. The molecule has 1 aliphatic carbocycles. The van der Waals surface area contributed by atoms with Gasteiger partial charge in [-0.3, -0.25) is 0 Å². The van der Waals surface area contributed by atoms with E-state index >= 15 is 0 Å². The van der Waals surface area contributed by atoms with Crippen molar-refractivity contribution in [3.63, 3.8) is 0 Å². The molecule has 0 amide bonds. The predicted molar refractivity (Wildman–Crippen MR) is 66.3 cm³/mol. The van der Waals surface area contributed by atoms with E-state index < -0.39 is 0 Å². The van der Waals surface area contributed by atoms with E-state index in [0.717, 1.165) is 24.5 Å². The third-order valence-corrected chi connectivity index (χ3v) is 3.31. The lowest BCUT2D eigenvalue weighted by atomic mass is 9.89. The molecule has 1 fully saturated rings. The molecule has 2 rings (SSSR count). The van der Waals surface area contributed by atoms with Crippen LogP contribution in [0.2, 0.25) is 10.3 Å². The molecule has 0 saturated heterocycles. The van der Waals surface area contributed by atoms with Crippen molar-refractivity contribution in [2.24, 2.45) is 5.92 Å². The van der Waals surface area contributed by atoms with Gasteiger partial charge in [0.15, 0.2) is 0 Å². The summed E-state index contributed by atoms with van der Waals surface area (Å²) in [6.45, 7) is 2.27. The Balaban J connectivity index is 2.02. The number of aromatic nitrogens is 1. The number of hydrogen-bond acceptors (Lipinski definition) is 2. The Morgan fingerprint density at radius 1 is 1.25 bits per heavy atom. The van der Waals surface area contributed by atoms with Gasteiger partial charge in [0, 0.05) is 12.1 Å². The first kappa shape index (κ1) is 12.0. The summed E-state index contributed by atoms with van der Waals surface area (Å²) in [5, 5.41) is 0.762. The second kappa shape index (κ2) is 5.24. The molecule has 0 N–H and O–H groups in total. The highest BCUT2D eigenvalue weighted by Gasteiger charge is 2.20. The molecule has 1 saturated carbocycles. The lowest BCUT2D eigenvalue weighted by molar-refractivity contribution is 0.129. The van der Waals surface area contributed by atoms with Crippen molar-refractivity contribution in [3.05, 3.63) is 22.4 Å². The molecule has 4 heteroatoms. The van der Waals surface area contributed by atoms with Crippen LogP contribution in [0, 0.1) is 5.92 Å². The van der Waals surface area contributed by atoms with Crippen LogP contribution >= 0.6 is 23.2 Å². The van der Waals surface area contributed by atoms with Gasteiger partial charge in [0.05, 0.1) is 6.10 Å². The van der Waals surface area contributed by atoms with Gasteiger partial charge in [0.25, 0.3) is 0 Å². The molecule has 1 heterocycles. The first-order valence-electron chi connectivity index (χ1n) is 5.63. The highest BCUT2D eigenvalue weighted by atomic mass is 35.5. The zero-order valence-electron chi connectivity index (χ0n) is 9.25. The summed E-state index contributed by atoms with van der Waals surface area (Å²) in [6.07, 6.45) is 5.05. The quantitative estimate of drug-likeness (QED) is 0.737. The van der Waals surface area contributed by atoms with Gasteiger partial charge < -0.3 is 4.74 Å². The molecule has 1 aromatic heterocycles. The molecule has 0 radical (unpaired) electrons. The number of ether oxygens (including phenoxy) is 1. The van der Waals surface area contributed by atoms with E-state index in [1.165, 1.54) is 12.8 Å². The molecule has 0 aromatic carbocycles. The topological polar surface area (TPSA) is 22.1 Å². The number of halogens is 2. The highest BCUT2D eigenvalue weighted by Crippen LogP contribution is 2.29. The summed E-state index contributed by atoms with van der Waals surface area (Å²) >= 11 is 11.6. The number of rotatable bonds is 2. The van der Waals surface area contributed by atoms with Crippen LogP contribution in [0.3, 0.4) is 0 Å². The summed E-state index contributed by atoms with van der Waals surface area (Å²) in [5.41, 5.74) is 0. The van der Waals surface area contributed by atoms with Gasteiger partial charge in [-0.2, -0.15) is 0 Å². The summed E-state index contributed by atoms with van der Waals surface area (Å²) in [5.74, 6) is 1.47. The average molecular weight is 260 g/mol. The molecule has 88 valence electrons. The van der Waals surface area contributed by atoms with Crippen molar-refractivity contribution in [3.8, 4) is 5.75 Å². The Morgan fingerprint density at radius 3 is 2.56 bits per heavy atom. The third-order valence-electron chi connectivity index (χ3n) is 2.93. The van der Waals surface area contributed by atoms with Gasteiger partial charge in [0.1, 0.15) is 16.1 Å². The van der Waals surface area contributed by atoms with Crippen LogP contribution in [0.25, 0.3) is 0 Å². The smallest absolute Gasteiger partial charge is 0.134 e. The van der Waals surface area contributed by atoms with E-state index in [1.807, 2.05) is 0 Å².